The number of hydrogen-bond donors (Lipinski definition) is 2. The fourth-order valence-corrected chi connectivity index (χ4v) is 6.70. The summed E-state index contributed by atoms with van der Waals surface area (Å²) in [6.07, 6.45) is 0. The standard InChI is InChI=1S/C38H36ClN3O4S/c1-26-13-22-31(39)23-35(26)42(47(45,46)34-11-6-5-7-12-34)25-27-14-16-28(17-15-27)36(43)40-32-9-8-10-33(24-32)41-37(44)29-18-20-30(21-19-29)38(2,3)4/h5-24H,25H2,1-4H3,(H,40,43)(H,41,44). The lowest BCUT2D eigenvalue weighted by Crippen LogP contribution is -2.31. The highest BCUT2D eigenvalue weighted by molar-refractivity contribution is 7.92. The Morgan fingerprint density at radius 3 is 1.81 bits per heavy atom. The molecule has 0 radical (unpaired) electrons. The molecule has 5 rings (SSSR count). The Kier molecular flexibility index (Phi) is 9.84. The van der Waals surface area contributed by atoms with Crippen LogP contribution < -0.4 is 14.9 Å². The van der Waals surface area contributed by atoms with Gasteiger partial charge >= 0.3 is 0 Å². The first-order valence-corrected chi connectivity index (χ1v) is 16.9. The van der Waals surface area contributed by atoms with E-state index < -0.39 is 10.0 Å². The molecule has 47 heavy (non-hydrogen) atoms. The van der Waals surface area contributed by atoms with E-state index in [1.807, 2.05) is 19.1 Å². The summed E-state index contributed by atoms with van der Waals surface area (Å²) in [5, 5.41) is 6.18. The van der Waals surface area contributed by atoms with Crippen LogP contribution >= 0.6 is 11.6 Å². The largest absolute Gasteiger partial charge is 0.322 e. The van der Waals surface area contributed by atoms with Crippen LogP contribution in [0.4, 0.5) is 17.1 Å². The Morgan fingerprint density at radius 2 is 1.26 bits per heavy atom. The SMILES string of the molecule is Cc1ccc(Cl)cc1N(Cc1ccc(C(=O)Nc2cccc(NC(=O)c3ccc(C(C)(C)C)cc3)c2)cc1)S(=O)(=O)c1ccccc1. The van der Waals surface area contributed by atoms with Gasteiger partial charge in [0.1, 0.15) is 0 Å². The Labute approximate surface area is 281 Å². The zero-order chi connectivity index (χ0) is 33.8. The van der Waals surface area contributed by atoms with Gasteiger partial charge in [-0.15, -0.1) is 0 Å². The average Bonchev–Trinajstić information content (AvgIpc) is 3.05. The van der Waals surface area contributed by atoms with Crippen molar-refractivity contribution in [2.24, 2.45) is 0 Å². The number of nitrogens with zero attached hydrogens (tertiary/aromatic N) is 1. The van der Waals surface area contributed by atoms with Crippen LogP contribution in [0.2, 0.25) is 5.02 Å². The van der Waals surface area contributed by atoms with Gasteiger partial charge in [-0.25, -0.2) is 8.42 Å². The molecule has 0 heterocycles. The highest BCUT2D eigenvalue weighted by Crippen LogP contribution is 2.31. The van der Waals surface area contributed by atoms with Gasteiger partial charge in [0.05, 0.1) is 17.1 Å². The summed E-state index contributed by atoms with van der Waals surface area (Å²) in [4.78, 5) is 26.2. The number of aryl methyl sites for hydroxylation is 1. The topological polar surface area (TPSA) is 95.6 Å². The van der Waals surface area contributed by atoms with Crippen LogP contribution in [-0.2, 0) is 22.0 Å². The second kappa shape index (κ2) is 13.8. The monoisotopic (exact) mass is 665 g/mol. The molecule has 0 bridgehead atoms. The van der Waals surface area contributed by atoms with Crippen LogP contribution in [0, 0.1) is 6.92 Å². The van der Waals surface area contributed by atoms with Gasteiger partial charge in [-0.2, -0.15) is 0 Å². The highest BCUT2D eigenvalue weighted by Gasteiger charge is 2.27. The number of nitrogens with one attached hydrogen (secondary N) is 2. The van der Waals surface area contributed by atoms with Gasteiger partial charge in [-0.05, 0) is 95.8 Å². The number of amides is 2. The predicted molar refractivity (Wildman–Crippen MR) is 190 cm³/mol. The summed E-state index contributed by atoms with van der Waals surface area (Å²) in [6.45, 7) is 8.21. The van der Waals surface area contributed by atoms with Crippen molar-refractivity contribution in [3.8, 4) is 0 Å². The number of benzene rings is 5. The van der Waals surface area contributed by atoms with Gasteiger partial charge < -0.3 is 10.6 Å². The second-order valence-corrected chi connectivity index (χ2v) is 14.6. The molecule has 0 aliphatic heterocycles. The van der Waals surface area contributed by atoms with E-state index in [4.69, 9.17) is 11.6 Å². The van der Waals surface area contributed by atoms with Crippen molar-refractivity contribution in [2.45, 2.75) is 44.6 Å². The molecule has 0 aliphatic rings. The Morgan fingerprint density at radius 1 is 0.702 bits per heavy atom. The first-order chi connectivity index (χ1) is 22.3. The van der Waals surface area contributed by atoms with E-state index in [0.717, 1.165) is 11.1 Å². The summed E-state index contributed by atoms with van der Waals surface area (Å²) < 4.78 is 28.9. The van der Waals surface area contributed by atoms with Crippen LogP contribution in [0.15, 0.2) is 126 Å². The zero-order valence-corrected chi connectivity index (χ0v) is 28.2. The number of anilines is 3. The van der Waals surface area contributed by atoms with E-state index in [1.165, 1.54) is 4.31 Å². The van der Waals surface area contributed by atoms with Crippen molar-refractivity contribution >= 4 is 50.5 Å². The molecule has 0 fully saturated rings. The first-order valence-electron chi connectivity index (χ1n) is 15.1. The molecule has 0 atom stereocenters. The number of sulfonamides is 1. The fraction of sp³-hybridized carbons (Fsp3) is 0.158. The maximum absolute atomic E-state index is 13.8. The molecule has 2 N–H and O–H groups in total. The molecule has 0 saturated carbocycles. The van der Waals surface area contributed by atoms with Crippen molar-refractivity contribution in [3.05, 3.63) is 154 Å². The molecule has 0 aliphatic carbocycles. The van der Waals surface area contributed by atoms with E-state index in [1.54, 1.807) is 109 Å². The quantitative estimate of drug-likeness (QED) is 0.164. The minimum absolute atomic E-state index is 0.0126. The predicted octanol–water partition coefficient (Wildman–Crippen LogP) is 8.85. The third-order valence-electron chi connectivity index (χ3n) is 7.70. The van der Waals surface area contributed by atoms with Gasteiger partial charge in [0.2, 0.25) is 0 Å². The van der Waals surface area contributed by atoms with Crippen molar-refractivity contribution in [2.75, 3.05) is 14.9 Å². The molecule has 0 unspecified atom stereocenters. The molecule has 0 saturated heterocycles. The molecule has 5 aromatic carbocycles. The zero-order valence-electron chi connectivity index (χ0n) is 26.6. The smallest absolute Gasteiger partial charge is 0.264 e. The summed E-state index contributed by atoms with van der Waals surface area (Å²) in [5.74, 6) is -0.599. The van der Waals surface area contributed by atoms with Crippen LogP contribution in [0.25, 0.3) is 0 Å². The number of hydrogen-bond acceptors (Lipinski definition) is 4. The van der Waals surface area contributed by atoms with E-state index in [9.17, 15) is 18.0 Å². The summed E-state index contributed by atoms with van der Waals surface area (Å²) in [5.41, 5.74) is 5.00. The van der Waals surface area contributed by atoms with E-state index in [2.05, 4.69) is 31.4 Å². The third kappa shape index (κ3) is 8.09. The van der Waals surface area contributed by atoms with Gasteiger partial charge in [-0.3, -0.25) is 13.9 Å². The maximum Gasteiger partial charge on any atom is 0.264 e. The Balaban J connectivity index is 1.29. The molecule has 0 aromatic heterocycles. The first kappa shape index (κ1) is 33.4. The Hall–Kier alpha value is -4.92. The molecule has 240 valence electrons. The number of rotatable bonds is 9. The van der Waals surface area contributed by atoms with Gasteiger partial charge in [0.25, 0.3) is 21.8 Å². The number of carbonyl (C=O) groups is 2. The molecule has 2 amide bonds. The van der Waals surface area contributed by atoms with Crippen molar-refractivity contribution < 1.29 is 18.0 Å². The molecular weight excluding hydrogens is 630 g/mol. The summed E-state index contributed by atoms with van der Waals surface area (Å²) in [7, 11) is -3.93. The van der Waals surface area contributed by atoms with Crippen molar-refractivity contribution in [1.82, 2.24) is 0 Å². The minimum atomic E-state index is -3.93. The van der Waals surface area contributed by atoms with Crippen LogP contribution in [0.5, 0.6) is 0 Å². The number of carbonyl (C=O) groups excluding carboxylic acids is 2. The highest BCUT2D eigenvalue weighted by atomic mass is 35.5. The normalized spacial score (nSPS) is 11.5. The van der Waals surface area contributed by atoms with Gasteiger partial charge in [0, 0.05) is 27.5 Å². The van der Waals surface area contributed by atoms with Crippen LogP contribution in [-0.4, -0.2) is 20.2 Å². The van der Waals surface area contributed by atoms with Crippen molar-refractivity contribution in [3.63, 3.8) is 0 Å². The lowest BCUT2D eigenvalue weighted by molar-refractivity contribution is 0.101. The van der Waals surface area contributed by atoms with Crippen LogP contribution in [0.3, 0.4) is 0 Å². The lowest BCUT2D eigenvalue weighted by atomic mass is 9.87. The summed E-state index contributed by atoms with van der Waals surface area (Å²) in [6, 6.07) is 34.6. The fourth-order valence-electron chi connectivity index (χ4n) is 5.00. The number of halogens is 1. The van der Waals surface area contributed by atoms with Crippen LogP contribution in [0.1, 0.15) is 58.2 Å². The van der Waals surface area contributed by atoms with Gasteiger partial charge in [0.15, 0.2) is 0 Å². The maximum atomic E-state index is 13.8. The minimum Gasteiger partial charge on any atom is -0.322 e. The third-order valence-corrected chi connectivity index (χ3v) is 9.71. The molecule has 9 heteroatoms. The average molecular weight is 666 g/mol. The molecule has 5 aromatic rings. The summed E-state index contributed by atoms with van der Waals surface area (Å²) >= 11 is 6.28. The van der Waals surface area contributed by atoms with Gasteiger partial charge in [-0.1, -0.05) is 87.0 Å². The van der Waals surface area contributed by atoms with E-state index in [-0.39, 0.29) is 28.7 Å². The lowest BCUT2D eigenvalue weighted by Gasteiger charge is -2.26. The molecular formula is C38H36ClN3O4S. The second-order valence-electron chi connectivity index (χ2n) is 12.3. The Bertz CT molecular complexity index is 2010. The molecule has 0 spiro atoms. The van der Waals surface area contributed by atoms with Crippen molar-refractivity contribution in [1.29, 1.82) is 0 Å². The van der Waals surface area contributed by atoms with E-state index >= 15 is 0 Å². The molecule has 7 nitrogen and oxygen atoms in total. The van der Waals surface area contributed by atoms with E-state index in [0.29, 0.717) is 38.8 Å².